The molecule has 0 saturated carbocycles. The molecule has 1 aromatic carbocycles. The monoisotopic (exact) mass is 471 g/mol. The number of nitrogens with one attached hydrogen (secondary N) is 3. The van der Waals surface area contributed by atoms with E-state index in [0.29, 0.717) is 12.4 Å². The first-order valence-electron chi connectivity index (χ1n) is 8.58. The highest BCUT2D eigenvalue weighted by Crippen LogP contribution is 2.18. The first kappa shape index (κ1) is 22.4. The Morgan fingerprint density at radius 1 is 1.12 bits per heavy atom. The quantitative estimate of drug-likeness (QED) is 0.261. The van der Waals surface area contributed by atoms with Gasteiger partial charge in [-0.3, -0.25) is 4.99 Å². The van der Waals surface area contributed by atoms with Crippen molar-refractivity contribution in [2.45, 2.75) is 39.8 Å². The molecule has 0 bridgehead atoms. The third-order valence-corrected chi connectivity index (χ3v) is 3.58. The highest BCUT2D eigenvalue weighted by molar-refractivity contribution is 14.0. The van der Waals surface area contributed by atoms with Gasteiger partial charge in [0.25, 0.3) is 0 Å². The summed E-state index contributed by atoms with van der Waals surface area (Å²) in [6.45, 7) is 10.7. The van der Waals surface area contributed by atoms with Crippen LogP contribution in [0.25, 0.3) is 11.5 Å². The van der Waals surface area contributed by atoms with Crippen LogP contribution < -0.4 is 16.0 Å². The maximum absolute atomic E-state index is 5.57. The highest BCUT2D eigenvalue weighted by Gasteiger charge is 2.09. The van der Waals surface area contributed by atoms with Crippen LogP contribution in [0.3, 0.4) is 0 Å². The van der Waals surface area contributed by atoms with Gasteiger partial charge in [-0.05, 0) is 39.8 Å². The van der Waals surface area contributed by atoms with Crippen LogP contribution in [0.4, 0.5) is 0 Å². The van der Waals surface area contributed by atoms with Crippen molar-refractivity contribution in [2.24, 2.45) is 4.99 Å². The number of nitrogens with zero attached hydrogens (tertiary/aromatic N) is 2. The van der Waals surface area contributed by atoms with E-state index in [0.717, 1.165) is 30.3 Å². The second-order valence-corrected chi connectivity index (χ2v) is 7.04. The van der Waals surface area contributed by atoms with E-state index in [1.54, 1.807) is 13.3 Å². The van der Waals surface area contributed by atoms with Crippen LogP contribution in [-0.2, 0) is 6.54 Å². The number of oxazole rings is 1. The fourth-order valence-corrected chi connectivity index (χ4v) is 2.23. The maximum atomic E-state index is 5.57. The Bertz CT molecular complexity index is 689. The number of benzene rings is 1. The molecule has 6 nitrogen and oxygen atoms in total. The van der Waals surface area contributed by atoms with Crippen LogP contribution in [0.15, 0.2) is 39.9 Å². The predicted molar refractivity (Wildman–Crippen MR) is 118 cm³/mol. The maximum Gasteiger partial charge on any atom is 0.226 e. The molecule has 0 fully saturated rings. The second-order valence-electron chi connectivity index (χ2n) is 7.04. The van der Waals surface area contributed by atoms with Gasteiger partial charge in [-0.15, -0.1) is 24.0 Å². The first-order chi connectivity index (χ1) is 11.9. The van der Waals surface area contributed by atoms with Crippen molar-refractivity contribution in [3.05, 3.63) is 41.8 Å². The van der Waals surface area contributed by atoms with Gasteiger partial charge in [0.05, 0.1) is 12.2 Å². The summed E-state index contributed by atoms with van der Waals surface area (Å²) < 4.78 is 5.57. The third-order valence-electron chi connectivity index (χ3n) is 3.58. The van der Waals surface area contributed by atoms with Crippen molar-refractivity contribution in [1.82, 2.24) is 20.9 Å². The lowest BCUT2D eigenvalue weighted by Crippen LogP contribution is -2.44. The van der Waals surface area contributed by atoms with E-state index in [1.165, 1.54) is 5.56 Å². The van der Waals surface area contributed by atoms with Gasteiger partial charge in [0.2, 0.25) is 5.89 Å². The lowest BCUT2D eigenvalue weighted by atomic mass is 10.1. The zero-order chi connectivity index (χ0) is 18.3. The van der Waals surface area contributed by atoms with Gasteiger partial charge in [-0.2, -0.15) is 0 Å². The van der Waals surface area contributed by atoms with E-state index >= 15 is 0 Å². The van der Waals surface area contributed by atoms with Crippen molar-refractivity contribution in [2.75, 3.05) is 20.1 Å². The van der Waals surface area contributed by atoms with Gasteiger partial charge in [0.1, 0.15) is 6.26 Å². The van der Waals surface area contributed by atoms with Crippen molar-refractivity contribution >= 4 is 29.9 Å². The molecule has 2 aromatic rings. The van der Waals surface area contributed by atoms with Gasteiger partial charge in [-0.1, -0.05) is 17.7 Å². The smallest absolute Gasteiger partial charge is 0.226 e. The van der Waals surface area contributed by atoms with Gasteiger partial charge < -0.3 is 20.4 Å². The van der Waals surface area contributed by atoms with E-state index in [2.05, 4.69) is 65.8 Å². The predicted octanol–water partition coefficient (Wildman–Crippen LogP) is 3.32. The molecule has 0 atom stereocenters. The van der Waals surface area contributed by atoms with E-state index in [9.17, 15) is 0 Å². The Kier molecular flexibility index (Phi) is 9.07. The Labute approximate surface area is 173 Å². The Morgan fingerprint density at radius 3 is 2.42 bits per heavy atom. The summed E-state index contributed by atoms with van der Waals surface area (Å²) in [6, 6.07) is 8.13. The van der Waals surface area contributed by atoms with Crippen LogP contribution in [0.2, 0.25) is 0 Å². The van der Waals surface area contributed by atoms with Crippen molar-refractivity contribution in [1.29, 1.82) is 0 Å². The molecule has 7 heteroatoms. The summed E-state index contributed by atoms with van der Waals surface area (Å²) in [5, 5.41) is 9.95. The number of halogens is 1. The Balaban J connectivity index is 0.00000338. The van der Waals surface area contributed by atoms with Crippen LogP contribution in [-0.4, -0.2) is 36.6 Å². The average molecular weight is 471 g/mol. The lowest BCUT2D eigenvalue weighted by Gasteiger charge is -2.21. The van der Waals surface area contributed by atoms with Gasteiger partial charge in [0.15, 0.2) is 5.96 Å². The minimum atomic E-state index is 0. The standard InChI is InChI=1S/C19H29N5O.HI/c1-14-6-8-15(9-7-14)17-24-16(13-25-17)12-22-18(20-5)21-10-11-23-19(2,3)4;/h6-9,13,23H,10-12H2,1-5H3,(H2,20,21,22);1H. The molecule has 0 saturated heterocycles. The number of aryl methyl sites for hydroxylation is 1. The normalized spacial score (nSPS) is 11.8. The molecule has 0 spiro atoms. The Hall–Kier alpha value is -1.61. The number of aliphatic imine (C=N–C) groups is 1. The summed E-state index contributed by atoms with van der Waals surface area (Å²) in [7, 11) is 1.76. The number of hydrogen-bond donors (Lipinski definition) is 3. The SMILES string of the molecule is CN=C(NCCNC(C)(C)C)NCc1coc(-c2ccc(C)cc2)n1.I. The van der Waals surface area contributed by atoms with E-state index < -0.39 is 0 Å². The fraction of sp³-hybridized carbons (Fsp3) is 0.474. The molecule has 0 radical (unpaired) electrons. The second kappa shape index (κ2) is 10.5. The molecule has 3 N–H and O–H groups in total. The van der Waals surface area contributed by atoms with E-state index in [-0.39, 0.29) is 29.5 Å². The van der Waals surface area contributed by atoms with Gasteiger partial charge >= 0.3 is 0 Å². The third kappa shape index (κ3) is 7.74. The summed E-state index contributed by atoms with van der Waals surface area (Å²) in [4.78, 5) is 8.74. The van der Waals surface area contributed by atoms with Gasteiger partial charge in [-0.25, -0.2) is 4.98 Å². The topological polar surface area (TPSA) is 74.5 Å². The van der Waals surface area contributed by atoms with Crippen LogP contribution >= 0.6 is 24.0 Å². The molecule has 0 aliphatic heterocycles. The molecule has 0 aliphatic rings. The molecule has 26 heavy (non-hydrogen) atoms. The number of aromatic nitrogens is 1. The summed E-state index contributed by atoms with van der Waals surface area (Å²) in [5.41, 5.74) is 3.15. The highest BCUT2D eigenvalue weighted by atomic mass is 127. The lowest BCUT2D eigenvalue weighted by molar-refractivity contribution is 0.428. The molecule has 1 heterocycles. The van der Waals surface area contributed by atoms with E-state index in [1.807, 2.05) is 12.1 Å². The molecule has 0 aliphatic carbocycles. The van der Waals surface area contributed by atoms with E-state index in [4.69, 9.17) is 4.42 Å². The molecule has 1 aromatic heterocycles. The van der Waals surface area contributed by atoms with Crippen molar-refractivity contribution < 1.29 is 4.42 Å². The van der Waals surface area contributed by atoms with Gasteiger partial charge in [0, 0.05) is 31.2 Å². The zero-order valence-electron chi connectivity index (χ0n) is 16.2. The fourth-order valence-electron chi connectivity index (χ4n) is 2.23. The number of hydrogen-bond acceptors (Lipinski definition) is 4. The molecule has 0 amide bonds. The minimum absolute atomic E-state index is 0. The van der Waals surface area contributed by atoms with Crippen LogP contribution in [0.5, 0.6) is 0 Å². The number of rotatable bonds is 6. The molecule has 2 rings (SSSR count). The van der Waals surface area contributed by atoms with Crippen LogP contribution in [0.1, 0.15) is 32.0 Å². The molecule has 144 valence electrons. The first-order valence-corrected chi connectivity index (χ1v) is 8.58. The van der Waals surface area contributed by atoms with Crippen molar-refractivity contribution in [3.8, 4) is 11.5 Å². The summed E-state index contributed by atoms with van der Waals surface area (Å²) in [6.07, 6.45) is 1.68. The molecular weight excluding hydrogens is 441 g/mol. The summed E-state index contributed by atoms with van der Waals surface area (Å²) in [5.74, 6) is 1.38. The average Bonchev–Trinajstić information content (AvgIpc) is 3.03. The minimum Gasteiger partial charge on any atom is -0.444 e. The van der Waals surface area contributed by atoms with Crippen molar-refractivity contribution in [3.63, 3.8) is 0 Å². The Morgan fingerprint density at radius 2 is 1.81 bits per heavy atom. The molecule has 0 unspecified atom stereocenters. The zero-order valence-corrected chi connectivity index (χ0v) is 18.5. The number of guanidine groups is 1. The largest absolute Gasteiger partial charge is 0.444 e. The molecular formula is C19H30IN5O. The van der Waals surface area contributed by atoms with Crippen LogP contribution in [0, 0.1) is 6.92 Å². The summed E-state index contributed by atoms with van der Waals surface area (Å²) >= 11 is 0.